The third-order valence-electron chi connectivity index (χ3n) is 4.42. The van der Waals surface area contributed by atoms with E-state index in [4.69, 9.17) is 21.1 Å². The molecule has 3 aromatic carbocycles. The number of fused-ring (bicyclic) bond motifs is 1. The van der Waals surface area contributed by atoms with Crippen LogP contribution in [0.5, 0.6) is 11.5 Å². The summed E-state index contributed by atoms with van der Waals surface area (Å²) < 4.78 is 11.8. The Morgan fingerprint density at radius 2 is 1.85 bits per heavy atom. The zero-order valence-electron chi connectivity index (χ0n) is 14.7. The highest BCUT2D eigenvalue weighted by molar-refractivity contribution is 6.30. The molecular formula is C23H17ClO3. The van der Waals surface area contributed by atoms with E-state index in [1.54, 1.807) is 12.1 Å². The van der Waals surface area contributed by atoms with E-state index in [0.717, 1.165) is 16.7 Å². The molecular weight excluding hydrogens is 360 g/mol. The summed E-state index contributed by atoms with van der Waals surface area (Å²) in [6.45, 7) is 2.28. The van der Waals surface area contributed by atoms with Gasteiger partial charge in [0.2, 0.25) is 5.78 Å². The van der Waals surface area contributed by atoms with E-state index in [-0.39, 0.29) is 5.78 Å². The molecule has 0 spiro atoms. The number of halogens is 1. The smallest absolute Gasteiger partial charge is 0.231 e. The summed E-state index contributed by atoms with van der Waals surface area (Å²) in [6, 6.07) is 20.7. The van der Waals surface area contributed by atoms with E-state index in [0.29, 0.717) is 34.5 Å². The van der Waals surface area contributed by atoms with Crippen molar-refractivity contribution in [3.8, 4) is 11.5 Å². The van der Waals surface area contributed by atoms with E-state index < -0.39 is 0 Å². The van der Waals surface area contributed by atoms with Crippen molar-refractivity contribution in [2.24, 2.45) is 0 Å². The molecule has 1 aliphatic heterocycles. The third kappa shape index (κ3) is 3.60. The summed E-state index contributed by atoms with van der Waals surface area (Å²) in [6.07, 6.45) is 1.76. The Morgan fingerprint density at radius 1 is 1.04 bits per heavy atom. The van der Waals surface area contributed by atoms with Gasteiger partial charge in [0.1, 0.15) is 18.1 Å². The van der Waals surface area contributed by atoms with Crippen molar-refractivity contribution in [2.45, 2.75) is 13.5 Å². The van der Waals surface area contributed by atoms with Crippen LogP contribution in [-0.4, -0.2) is 5.78 Å². The standard InChI is InChI=1S/C23H17ClO3/c1-15-20(26-14-17-8-5-9-18(24)12-17)11-10-19-22(25)21(27-23(15)19)13-16-6-3-2-4-7-16/h2-13H,14H2,1H3/b21-13-. The normalized spacial score (nSPS) is 14.1. The third-order valence-corrected chi connectivity index (χ3v) is 4.65. The van der Waals surface area contributed by atoms with Gasteiger partial charge in [0, 0.05) is 10.6 Å². The summed E-state index contributed by atoms with van der Waals surface area (Å²) in [7, 11) is 0. The second-order valence-corrected chi connectivity index (χ2v) is 6.77. The highest BCUT2D eigenvalue weighted by atomic mass is 35.5. The first-order valence-electron chi connectivity index (χ1n) is 8.62. The number of ether oxygens (including phenoxy) is 2. The van der Waals surface area contributed by atoms with E-state index >= 15 is 0 Å². The van der Waals surface area contributed by atoms with Gasteiger partial charge in [-0.15, -0.1) is 0 Å². The van der Waals surface area contributed by atoms with Crippen molar-refractivity contribution in [1.29, 1.82) is 0 Å². The fourth-order valence-corrected chi connectivity index (χ4v) is 3.23. The van der Waals surface area contributed by atoms with Gasteiger partial charge in [0.05, 0.1) is 5.56 Å². The molecule has 4 rings (SSSR count). The molecule has 4 heteroatoms. The molecule has 0 fully saturated rings. The van der Waals surface area contributed by atoms with Crippen LogP contribution in [0.2, 0.25) is 5.02 Å². The van der Waals surface area contributed by atoms with Crippen molar-refractivity contribution in [1.82, 2.24) is 0 Å². The van der Waals surface area contributed by atoms with Crippen LogP contribution in [-0.2, 0) is 6.61 Å². The Labute approximate surface area is 162 Å². The first-order valence-corrected chi connectivity index (χ1v) is 9.00. The number of rotatable bonds is 4. The van der Waals surface area contributed by atoms with Crippen molar-refractivity contribution in [3.05, 3.63) is 99.8 Å². The van der Waals surface area contributed by atoms with Gasteiger partial charge in [-0.05, 0) is 48.4 Å². The zero-order valence-corrected chi connectivity index (χ0v) is 15.5. The quantitative estimate of drug-likeness (QED) is 0.536. The highest BCUT2D eigenvalue weighted by Gasteiger charge is 2.30. The van der Waals surface area contributed by atoms with Crippen LogP contribution in [0.15, 0.2) is 72.5 Å². The van der Waals surface area contributed by atoms with Gasteiger partial charge in [0.25, 0.3) is 0 Å². The Balaban J connectivity index is 1.57. The number of carbonyl (C=O) groups excluding carboxylic acids is 1. The molecule has 134 valence electrons. The number of hydrogen-bond acceptors (Lipinski definition) is 3. The Kier molecular flexibility index (Phi) is 4.69. The van der Waals surface area contributed by atoms with Gasteiger partial charge < -0.3 is 9.47 Å². The Morgan fingerprint density at radius 3 is 2.63 bits per heavy atom. The number of hydrogen-bond donors (Lipinski definition) is 0. The summed E-state index contributed by atoms with van der Waals surface area (Å²) in [5.41, 5.74) is 3.26. The van der Waals surface area contributed by atoms with Gasteiger partial charge in [-0.3, -0.25) is 4.79 Å². The highest BCUT2D eigenvalue weighted by Crippen LogP contribution is 2.39. The maximum absolute atomic E-state index is 12.6. The predicted molar refractivity (Wildman–Crippen MR) is 106 cm³/mol. The largest absolute Gasteiger partial charge is 0.488 e. The molecule has 0 aromatic heterocycles. The SMILES string of the molecule is Cc1c(OCc2cccc(Cl)c2)ccc2c1O/C(=C\c1ccccc1)C2=O. The predicted octanol–water partition coefficient (Wildman–Crippen LogP) is 5.84. The number of allylic oxidation sites excluding steroid dienone is 1. The summed E-state index contributed by atoms with van der Waals surface area (Å²) in [4.78, 5) is 12.6. The maximum atomic E-state index is 12.6. The minimum absolute atomic E-state index is 0.113. The fraction of sp³-hybridized carbons (Fsp3) is 0.0870. The lowest BCUT2D eigenvalue weighted by Crippen LogP contribution is -1.98. The van der Waals surface area contributed by atoms with E-state index in [1.165, 1.54) is 0 Å². The molecule has 0 saturated heterocycles. The van der Waals surface area contributed by atoms with Crippen LogP contribution in [0.25, 0.3) is 6.08 Å². The second-order valence-electron chi connectivity index (χ2n) is 6.33. The van der Waals surface area contributed by atoms with Gasteiger partial charge in [0.15, 0.2) is 5.76 Å². The Hall–Kier alpha value is -3.04. The van der Waals surface area contributed by atoms with Gasteiger partial charge in [-0.25, -0.2) is 0 Å². The number of Topliss-reactive ketones (excluding diaryl/α,β-unsaturated/α-hetero) is 1. The molecule has 0 radical (unpaired) electrons. The van der Waals surface area contributed by atoms with E-state index in [1.807, 2.05) is 67.6 Å². The van der Waals surface area contributed by atoms with Crippen molar-refractivity contribution in [3.63, 3.8) is 0 Å². The lowest BCUT2D eigenvalue weighted by molar-refractivity contribution is 0.101. The lowest BCUT2D eigenvalue weighted by atomic mass is 10.1. The van der Waals surface area contributed by atoms with Gasteiger partial charge >= 0.3 is 0 Å². The molecule has 0 N–H and O–H groups in total. The van der Waals surface area contributed by atoms with Gasteiger partial charge in [-0.1, -0.05) is 54.1 Å². The number of carbonyl (C=O) groups is 1. The Bertz CT molecular complexity index is 1040. The average Bonchev–Trinajstić information content (AvgIpc) is 2.99. The van der Waals surface area contributed by atoms with E-state index in [2.05, 4.69) is 0 Å². The van der Waals surface area contributed by atoms with E-state index in [9.17, 15) is 4.79 Å². The molecule has 0 saturated carbocycles. The molecule has 0 bridgehead atoms. The first-order chi connectivity index (χ1) is 13.1. The molecule has 0 atom stereocenters. The molecule has 1 aliphatic rings. The van der Waals surface area contributed by atoms with Crippen LogP contribution < -0.4 is 9.47 Å². The first kappa shape index (κ1) is 17.4. The molecule has 0 amide bonds. The minimum atomic E-state index is -0.113. The average molecular weight is 377 g/mol. The zero-order chi connectivity index (χ0) is 18.8. The molecule has 0 aliphatic carbocycles. The topological polar surface area (TPSA) is 35.5 Å². The van der Waals surface area contributed by atoms with Crippen molar-refractivity contribution in [2.75, 3.05) is 0 Å². The molecule has 0 unspecified atom stereocenters. The lowest BCUT2D eigenvalue weighted by Gasteiger charge is -2.11. The van der Waals surface area contributed by atoms with Crippen LogP contribution in [0.3, 0.4) is 0 Å². The van der Waals surface area contributed by atoms with Crippen molar-refractivity contribution < 1.29 is 14.3 Å². The molecule has 3 nitrogen and oxygen atoms in total. The molecule has 1 heterocycles. The summed E-state index contributed by atoms with van der Waals surface area (Å²) in [5, 5.41) is 0.673. The summed E-state index contributed by atoms with van der Waals surface area (Å²) in [5.74, 6) is 1.46. The van der Waals surface area contributed by atoms with Crippen LogP contribution >= 0.6 is 11.6 Å². The van der Waals surface area contributed by atoms with Crippen LogP contribution in [0.1, 0.15) is 27.0 Å². The minimum Gasteiger partial charge on any atom is -0.488 e. The fourth-order valence-electron chi connectivity index (χ4n) is 3.01. The second kappa shape index (κ2) is 7.29. The van der Waals surface area contributed by atoms with Crippen LogP contribution in [0.4, 0.5) is 0 Å². The monoisotopic (exact) mass is 376 g/mol. The molecule has 3 aromatic rings. The van der Waals surface area contributed by atoms with Crippen molar-refractivity contribution >= 4 is 23.5 Å². The van der Waals surface area contributed by atoms with Gasteiger partial charge in [-0.2, -0.15) is 0 Å². The van der Waals surface area contributed by atoms with Crippen LogP contribution in [0, 0.1) is 6.92 Å². The summed E-state index contributed by atoms with van der Waals surface area (Å²) >= 11 is 6.01. The number of ketones is 1. The maximum Gasteiger partial charge on any atom is 0.231 e. The molecule has 27 heavy (non-hydrogen) atoms. The number of benzene rings is 3.